The Labute approximate surface area is 145 Å². The van der Waals surface area contributed by atoms with E-state index in [2.05, 4.69) is 25.9 Å². The zero-order valence-corrected chi connectivity index (χ0v) is 14.0. The summed E-state index contributed by atoms with van der Waals surface area (Å²) in [6.07, 6.45) is 6.36. The van der Waals surface area contributed by atoms with Crippen LogP contribution in [-0.2, 0) is 12.8 Å². The largest absolute Gasteiger partial charge is 0.335 e. The lowest BCUT2D eigenvalue weighted by Gasteiger charge is -2.22. The van der Waals surface area contributed by atoms with Crippen molar-refractivity contribution in [1.29, 1.82) is 0 Å². The highest BCUT2D eigenvalue weighted by Gasteiger charge is 2.22. The van der Waals surface area contributed by atoms with Crippen LogP contribution in [0.1, 0.15) is 23.2 Å². The quantitative estimate of drug-likeness (QED) is 0.687. The lowest BCUT2D eigenvalue weighted by atomic mass is 9.94. The SMILES string of the molecule is Cc1cn(-c2ccccc2)nc1NC(=O)N[C@@H]1CCc2[nH]ncc2C1. The number of rotatable bonds is 3. The van der Waals surface area contributed by atoms with Gasteiger partial charge in [0.05, 0.1) is 11.9 Å². The number of hydrogen-bond donors (Lipinski definition) is 3. The molecule has 2 amide bonds. The van der Waals surface area contributed by atoms with Crippen LogP contribution in [0.15, 0.2) is 42.7 Å². The number of anilines is 1. The van der Waals surface area contributed by atoms with E-state index in [-0.39, 0.29) is 12.1 Å². The van der Waals surface area contributed by atoms with Gasteiger partial charge in [0, 0.05) is 23.5 Å². The fourth-order valence-corrected chi connectivity index (χ4v) is 3.17. The molecular formula is C18H20N6O. The fraction of sp³-hybridized carbons (Fsp3) is 0.278. The minimum absolute atomic E-state index is 0.113. The molecule has 0 unspecified atom stereocenters. The molecule has 3 N–H and O–H groups in total. The first-order chi connectivity index (χ1) is 12.2. The molecule has 7 nitrogen and oxygen atoms in total. The van der Waals surface area contributed by atoms with Crippen molar-refractivity contribution in [2.24, 2.45) is 0 Å². The van der Waals surface area contributed by atoms with Gasteiger partial charge < -0.3 is 5.32 Å². The standard InChI is InChI=1S/C18H20N6O/c1-12-11-24(15-5-3-2-4-6-15)23-17(12)21-18(25)20-14-7-8-16-13(9-14)10-19-22-16/h2-6,10-11,14H,7-9H2,1H3,(H,19,22)(H2,20,21,23,25)/t14-/m1/s1. The third-order valence-electron chi connectivity index (χ3n) is 4.50. The Kier molecular flexibility index (Phi) is 3.97. The number of nitrogens with zero attached hydrogens (tertiary/aromatic N) is 3. The maximum Gasteiger partial charge on any atom is 0.320 e. The lowest BCUT2D eigenvalue weighted by molar-refractivity contribution is 0.247. The van der Waals surface area contributed by atoms with Gasteiger partial charge in [0.15, 0.2) is 5.82 Å². The number of nitrogens with one attached hydrogen (secondary N) is 3. The van der Waals surface area contributed by atoms with E-state index in [0.717, 1.165) is 30.5 Å². The Morgan fingerprint density at radius 3 is 3.00 bits per heavy atom. The Morgan fingerprint density at radius 1 is 1.32 bits per heavy atom. The van der Waals surface area contributed by atoms with Crippen LogP contribution in [0.2, 0.25) is 0 Å². The van der Waals surface area contributed by atoms with Gasteiger partial charge >= 0.3 is 6.03 Å². The minimum atomic E-state index is -0.224. The number of carbonyl (C=O) groups excluding carboxylic acids is 1. The predicted molar refractivity (Wildman–Crippen MR) is 94.9 cm³/mol. The van der Waals surface area contributed by atoms with E-state index in [1.165, 1.54) is 11.3 Å². The number of aromatic amines is 1. The molecule has 25 heavy (non-hydrogen) atoms. The molecule has 1 aliphatic carbocycles. The number of carbonyl (C=O) groups is 1. The summed E-state index contributed by atoms with van der Waals surface area (Å²) < 4.78 is 1.77. The molecule has 0 saturated heterocycles. The van der Waals surface area contributed by atoms with E-state index in [9.17, 15) is 4.79 Å². The summed E-state index contributed by atoms with van der Waals surface area (Å²) in [4.78, 5) is 12.3. The van der Waals surface area contributed by atoms with Gasteiger partial charge in [-0.1, -0.05) is 18.2 Å². The normalized spacial score (nSPS) is 16.3. The second-order valence-electron chi connectivity index (χ2n) is 6.35. The molecule has 0 aliphatic heterocycles. The molecule has 3 aromatic rings. The molecule has 0 saturated carbocycles. The molecule has 2 heterocycles. The van der Waals surface area contributed by atoms with Gasteiger partial charge in [0.2, 0.25) is 0 Å². The molecule has 0 spiro atoms. The summed E-state index contributed by atoms with van der Waals surface area (Å²) in [7, 11) is 0. The van der Waals surface area contributed by atoms with Gasteiger partial charge in [-0.3, -0.25) is 10.4 Å². The van der Waals surface area contributed by atoms with Gasteiger partial charge in [-0.25, -0.2) is 9.48 Å². The summed E-state index contributed by atoms with van der Waals surface area (Å²) in [5.41, 5.74) is 4.23. The average Bonchev–Trinajstić information content (AvgIpc) is 3.22. The number of para-hydroxylation sites is 1. The van der Waals surface area contributed by atoms with E-state index in [1.807, 2.05) is 49.6 Å². The Balaban J connectivity index is 1.41. The first-order valence-corrected chi connectivity index (χ1v) is 8.39. The predicted octanol–water partition coefficient (Wildman–Crippen LogP) is 2.58. The topological polar surface area (TPSA) is 87.6 Å². The van der Waals surface area contributed by atoms with Crippen LogP contribution >= 0.6 is 0 Å². The molecule has 1 atom stereocenters. The molecule has 1 aliphatic rings. The first kappa shape index (κ1) is 15.4. The molecule has 0 bridgehead atoms. The van der Waals surface area contributed by atoms with Crippen LogP contribution in [0, 0.1) is 6.92 Å². The molecule has 0 radical (unpaired) electrons. The van der Waals surface area contributed by atoms with Gasteiger partial charge in [-0.15, -0.1) is 5.10 Å². The number of amides is 2. The van der Waals surface area contributed by atoms with E-state index in [4.69, 9.17) is 0 Å². The molecule has 128 valence electrons. The fourth-order valence-electron chi connectivity index (χ4n) is 3.17. The maximum absolute atomic E-state index is 12.3. The Hall–Kier alpha value is -3.09. The molecular weight excluding hydrogens is 316 g/mol. The lowest BCUT2D eigenvalue weighted by Crippen LogP contribution is -2.41. The summed E-state index contributed by atoms with van der Waals surface area (Å²) in [6.45, 7) is 1.93. The Bertz CT molecular complexity index is 882. The van der Waals surface area contributed by atoms with Crippen molar-refractivity contribution in [2.45, 2.75) is 32.2 Å². The van der Waals surface area contributed by atoms with Crippen molar-refractivity contribution in [3.8, 4) is 5.69 Å². The third kappa shape index (κ3) is 3.26. The highest BCUT2D eigenvalue weighted by atomic mass is 16.2. The number of urea groups is 1. The molecule has 0 fully saturated rings. The molecule has 4 rings (SSSR count). The third-order valence-corrected chi connectivity index (χ3v) is 4.50. The number of benzene rings is 1. The van der Waals surface area contributed by atoms with Crippen LogP contribution in [-0.4, -0.2) is 32.1 Å². The summed E-state index contributed by atoms with van der Waals surface area (Å²) in [6, 6.07) is 9.71. The first-order valence-electron chi connectivity index (χ1n) is 8.39. The van der Waals surface area contributed by atoms with Crippen molar-refractivity contribution >= 4 is 11.8 Å². The zero-order chi connectivity index (χ0) is 17.2. The van der Waals surface area contributed by atoms with Crippen LogP contribution in [0.5, 0.6) is 0 Å². The van der Waals surface area contributed by atoms with Crippen molar-refractivity contribution in [3.63, 3.8) is 0 Å². The van der Waals surface area contributed by atoms with Crippen LogP contribution in [0.25, 0.3) is 5.69 Å². The number of fused-ring (bicyclic) bond motifs is 1. The average molecular weight is 336 g/mol. The molecule has 7 heteroatoms. The second-order valence-corrected chi connectivity index (χ2v) is 6.35. The van der Waals surface area contributed by atoms with E-state index in [1.54, 1.807) is 4.68 Å². The van der Waals surface area contributed by atoms with Crippen molar-refractivity contribution < 1.29 is 4.79 Å². The number of aryl methyl sites for hydroxylation is 2. The number of aromatic nitrogens is 4. The zero-order valence-electron chi connectivity index (χ0n) is 14.0. The summed E-state index contributed by atoms with van der Waals surface area (Å²) >= 11 is 0. The second kappa shape index (κ2) is 6.43. The van der Waals surface area contributed by atoms with Crippen LogP contribution in [0.3, 0.4) is 0 Å². The van der Waals surface area contributed by atoms with Crippen LogP contribution < -0.4 is 10.6 Å². The van der Waals surface area contributed by atoms with E-state index < -0.39 is 0 Å². The summed E-state index contributed by atoms with van der Waals surface area (Å²) in [5.74, 6) is 0.571. The van der Waals surface area contributed by atoms with E-state index in [0.29, 0.717) is 5.82 Å². The molecule has 2 aromatic heterocycles. The van der Waals surface area contributed by atoms with Gasteiger partial charge in [0.25, 0.3) is 0 Å². The molecule has 1 aromatic carbocycles. The summed E-state index contributed by atoms with van der Waals surface area (Å²) in [5, 5.41) is 17.4. The minimum Gasteiger partial charge on any atom is -0.335 e. The number of hydrogen-bond acceptors (Lipinski definition) is 3. The maximum atomic E-state index is 12.3. The highest BCUT2D eigenvalue weighted by Crippen LogP contribution is 2.19. The highest BCUT2D eigenvalue weighted by molar-refractivity contribution is 5.89. The van der Waals surface area contributed by atoms with Crippen molar-refractivity contribution in [1.82, 2.24) is 25.3 Å². The smallest absolute Gasteiger partial charge is 0.320 e. The van der Waals surface area contributed by atoms with Crippen molar-refractivity contribution in [3.05, 3.63) is 59.5 Å². The van der Waals surface area contributed by atoms with Gasteiger partial charge in [0.1, 0.15) is 0 Å². The van der Waals surface area contributed by atoms with Crippen molar-refractivity contribution in [2.75, 3.05) is 5.32 Å². The van der Waals surface area contributed by atoms with E-state index >= 15 is 0 Å². The monoisotopic (exact) mass is 336 g/mol. The van der Waals surface area contributed by atoms with Gasteiger partial charge in [-0.05, 0) is 43.9 Å². The Morgan fingerprint density at radius 2 is 2.16 bits per heavy atom. The number of H-pyrrole nitrogens is 1. The van der Waals surface area contributed by atoms with Crippen LogP contribution in [0.4, 0.5) is 10.6 Å². The van der Waals surface area contributed by atoms with Gasteiger partial charge in [-0.2, -0.15) is 5.10 Å².